The van der Waals surface area contributed by atoms with Gasteiger partial charge in [-0.05, 0) is 40.2 Å². The van der Waals surface area contributed by atoms with Crippen LogP contribution >= 0.6 is 38.9 Å². The van der Waals surface area contributed by atoms with Crippen molar-refractivity contribution >= 4 is 61.0 Å². The van der Waals surface area contributed by atoms with Gasteiger partial charge in [0, 0.05) is 4.47 Å². The fourth-order valence-corrected chi connectivity index (χ4v) is 4.14. The van der Waals surface area contributed by atoms with Gasteiger partial charge in [-0.15, -0.1) is 0 Å². The van der Waals surface area contributed by atoms with E-state index < -0.39 is 11.9 Å². The van der Waals surface area contributed by atoms with E-state index >= 15 is 0 Å². The number of para-hydroxylation sites is 1. The summed E-state index contributed by atoms with van der Waals surface area (Å²) in [6, 6.07) is 12.4. The number of thiazole rings is 1. The largest absolute Gasteiger partial charge is 0.468 e. The number of halogens is 2. The third-order valence-electron chi connectivity index (χ3n) is 3.47. The van der Waals surface area contributed by atoms with E-state index in [0.717, 1.165) is 4.70 Å². The van der Waals surface area contributed by atoms with E-state index in [4.69, 9.17) is 16.3 Å². The molecule has 1 aromatic heterocycles. The van der Waals surface area contributed by atoms with Crippen LogP contribution in [0.15, 0.2) is 51.9 Å². The lowest BCUT2D eigenvalue weighted by atomic mass is 10.2. The molecule has 5 nitrogen and oxygen atoms in total. The van der Waals surface area contributed by atoms with Gasteiger partial charge in [0.15, 0.2) is 4.80 Å². The molecule has 1 heterocycles. The second-order valence-corrected chi connectivity index (χ2v) is 7.30. The Morgan fingerprint density at radius 1 is 1.24 bits per heavy atom. The number of carbonyl (C=O) groups is 2. The van der Waals surface area contributed by atoms with E-state index in [1.165, 1.54) is 18.4 Å². The number of carbonyl (C=O) groups excluding carboxylic acids is 2. The highest BCUT2D eigenvalue weighted by molar-refractivity contribution is 9.10. The molecule has 0 unspecified atom stereocenters. The Morgan fingerprint density at radius 3 is 2.72 bits per heavy atom. The number of ether oxygens (including phenoxy) is 1. The summed E-state index contributed by atoms with van der Waals surface area (Å²) in [5.41, 5.74) is 1.09. The number of hydrogen-bond donors (Lipinski definition) is 0. The Kier molecular flexibility index (Phi) is 5.36. The summed E-state index contributed by atoms with van der Waals surface area (Å²) >= 11 is 10.9. The van der Waals surface area contributed by atoms with Crippen LogP contribution in [0.1, 0.15) is 10.4 Å². The molecule has 0 aliphatic rings. The summed E-state index contributed by atoms with van der Waals surface area (Å²) in [5, 5.41) is 0.479. The number of fused-ring (bicyclic) bond motifs is 1. The van der Waals surface area contributed by atoms with Gasteiger partial charge in [0.05, 0.1) is 27.9 Å². The summed E-state index contributed by atoms with van der Waals surface area (Å²) in [6.45, 7) is -0.0810. The van der Waals surface area contributed by atoms with Crippen molar-refractivity contribution in [2.24, 2.45) is 4.99 Å². The van der Waals surface area contributed by atoms with Crippen LogP contribution in [0.25, 0.3) is 10.2 Å². The smallest absolute Gasteiger partial charge is 0.325 e. The van der Waals surface area contributed by atoms with Gasteiger partial charge in [-0.2, -0.15) is 4.99 Å². The van der Waals surface area contributed by atoms with Crippen molar-refractivity contribution in [2.45, 2.75) is 6.54 Å². The number of nitrogens with zero attached hydrogens (tertiary/aromatic N) is 2. The van der Waals surface area contributed by atoms with Gasteiger partial charge in [0.2, 0.25) is 0 Å². The zero-order chi connectivity index (χ0) is 18.0. The van der Waals surface area contributed by atoms with Crippen LogP contribution in [0.3, 0.4) is 0 Å². The summed E-state index contributed by atoms with van der Waals surface area (Å²) in [4.78, 5) is 28.9. The molecule has 0 fully saturated rings. The number of aromatic nitrogens is 1. The fourth-order valence-electron chi connectivity index (χ4n) is 2.29. The first-order valence-electron chi connectivity index (χ1n) is 7.19. The highest BCUT2D eigenvalue weighted by atomic mass is 79.9. The first-order valence-corrected chi connectivity index (χ1v) is 9.18. The minimum Gasteiger partial charge on any atom is -0.468 e. The second-order valence-electron chi connectivity index (χ2n) is 5.03. The molecule has 128 valence electrons. The van der Waals surface area contributed by atoms with Crippen LogP contribution < -0.4 is 4.80 Å². The van der Waals surface area contributed by atoms with Gasteiger partial charge in [-0.3, -0.25) is 9.59 Å². The zero-order valence-corrected chi connectivity index (χ0v) is 16.2. The molecule has 0 bridgehead atoms. The number of amides is 1. The molecule has 0 spiro atoms. The maximum absolute atomic E-state index is 12.6. The summed E-state index contributed by atoms with van der Waals surface area (Å²) in [6.07, 6.45) is 0. The van der Waals surface area contributed by atoms with Gasteiger partial charge in [-0.1, -0.05) is 41.1 Å². The van der Waals surface area contributed by atoms with Crippen LogP contribution in [0.2, 0.25) is 5.02 Å². The normalized spacial score (nSPS) is 11.7. The van der Waals surface area contributed by atoms with Crippen molar-refractivity contribution in [3.8, 4) is 0 Å². The quantitative estimate of drug-likeness (QED) is 0.579. The molecule has 3 aromatic rings. The number of rotatable bonds is 3. The molecule has 0 atom stereocenters. The van der Waals surface area contributed by atoms with Crippen molar-refractivity contribution < 1.29 is 14.3 Å². The molecule has 0 aliphatic heterocycles. The molecule has 25 heavy (non-hydrogen) atoms. The zero-order valence-electron chi connectivity index (χ0n) is 13.0. The lowest BCUT2D eigenvalue weighted by Crippen LogP contribution is -2.22. The first kappa shape index (κ1) is 17.8. The molecular formula is C17H12BrClN2O3S. The van der Waals surface area contributed by atoms with Crippen molar-refractivity contribution in [1.82, 2.24) is 4.57 Å². The van der Waals surface area contributed by atoms with Crippen molar-refractivity contribution in [1.29, 1.82) is 0 Å². The monoisotopic (exact) mass is 438 g/mol. The van der Waals surface area contributed by atoms with Crippen LogP contribution in [0.4, 0.5) is 0 Å². The van der Waals surface area contributed by atoms with E-state index in [2.05, 4.69) is 20.9 Å². The predicted molar refractivity (Wildman–Crippen MR) is 101 cm³/mol. The van der Waals surface area contributed by atoms with Crippen LogP contribution in [0.5, 0.6) is 0 Å². The molecule has 8 heteroatoms. The molecule has 0 radical (unpaired) electrons. The number of methoxy groups -OCH3 is 1. The van der Waals surface area contributed by atoms with Crippen LogP contribution in [0, 0.1) is 0 Å². The van der Waals surface area contributed by atoms with Gasteiger partial charge in [0.25, 0.3) is 5.91 Å². The minimum absolute atomic E-state index is 0.0810. The standard InChI is InChI=1S/C17H12BrClN2O3S/c1-24-14(22)9-21-15-12(19)7-4-8-13(15)25-17(21)20-16(23)10-5-2-3-6-11(10)18/h2-8H,9H2,1H3. The average Bonchev–Trinajstić information content (AvgIpc) is 2.93. The van der Waals surface area contributed by atoms with Crippen LogP contribution in [-0.2, 0) is 16.1 Å². The number of benzene rings is 2. The molecule has 0 aliphatic carbocycles. The van der Waals surface area contributed by atoms with E-state index in [-0.39, 0.29) is 6.54 Å². The summed E-state index contributed by atoms with van der Waals surface area (Å²) < 4.78 is 7.83. The molecule has 1 amide bonds. The van der Waals surface area contributed by atoms with Gasteiger partial charge >= 0.3 is 5.97 Å². The highest BCUT2D eigenvalue weighted by Gasteiger charge is 2.15. The third kappa shape index (κ3) is 3.68. The Balaban J connectivity index is 2.19. The Morgan fingerprint density at radius 2 is 2.00 bits per heavy atom. The van der Waals surface area contributed by atoms with Gasteiger partial charge < -0.3 is 9.30 Å². The van der Waals surface area contributed by atoms with E-state index in [0.29, 0.717) is 25.4 Å². The molecule has 0 saturated carbocycles. The van der Waals surface area contributed by atoms with Gasteiger partial charge in [0.1, 0.15) is 6.54 Å². The Hall–Kier alpha value is -1.96. The second kappa shape index (κ2) is 7.51. The average molecular weight is 440 g/mol. The lowest BCUT2D eigenvalue weighted by molar-refractivity contribution is -0.141. The van der Waals surface area contributed by atoms with Crippen LogP contribution in [-0.4, -0.2) is 23.6 Å². The maximum Gasteiger partial charge on any atom is 0.325 e. The Labute approximate surface area is 160 Å². The SMILES string of the molecule is COC(=O)Cn1c(=NC(=O)c2ccccc2Br)sc2cccc(Cl)c21. The van der Waals surface area contributed by atoms with Crippen molar-refractivity contribution in [3.63, 3.8) is 0 Å². The molecule has 0 saturated heterocycles. The van der Waals surface area contributed by atoms with Crippen molar-refractivity contribution in [2.75, 3.05) is 7.11 Å². The summed E-state index contributed by atoms with van der Waals surface area (Å²) in [7, 11) is 1.31. The van der Waals surface area contributed by atoms with Crippen molar-refractivity contribution in [3.05, 3.63) is 62.3 Å². The number of esters is 1. The molecule has 2 aromatic carbocycles. The summed E-state index contributed by atoms with van der Waals surface area (Å²) in [5.74, 6) is -0.858. The molecular weight excluding hydrogens is 428 g/mol. The van der Waals surface area contributed by atoms with E-state index in [1.807, 2.05) is 18.2 Å². The first-order chi connectivity index (χ1) is 12.0. The van der Waals surface area contributed by atoms with E-state index in [1.54, 1.807) is 28.8 Å². The lowest BCUT2D eigenvalue weighted by Gasteiger charge is -2.05. The highest BCUT2D eigenvalue weighted by Crippen LogP contribution is 2.25. The molecule has 3 rings (SSSR count). The topological polar surface area (TPSA) is 60.7 Å². The number of hydrogen-bond acceptors (Lipinski definition) is 4. The maximum atomic E-state index is 12.6. The molecule has 0 N–H and O–H groups in total. The van der Waals surface area contributed by atoms with E-state index in [9.17, 15) is 9.59 Å². The fraction of sp³-hybridized carbons (Fsp3) is 0.118. The minimum atomic E-state index is -0.450. The Bertz CT molecular complexity index is 1040. The van der Waals surface area contributed by atoms with Gasteiger partial charge in [-0.25, -0.2) is 0 Å². The third-order valence-corrected chi connectivity index (χ3v) is 5.51. The predicted octanol–water partition coefficient (Wildman–Crippen LogP) is 4.03.